The van der Waals surface area contributed by atoms with Crippen LogP contribution in [0.2, 0.25) is 0 Å². The van der Waals surface area contributed by atoms with Crippen LogP contribution in [0.25, 0.3) is 60.1 Å². The molecule has 0 unspecified atom stereocenters. The molecule has 1 aliphatic rings. The summed E-state index contributed by atoms with van der Waals surface area (Å²) >= 11 is 0. The van der Waals surface area contributed by atoms with Crippen LogP contribution in [0, 0.1) is 12.3 Å². The van der Waals surface area contributed by atoms with E-state index in [0.29, 0.717) is 11.3 Å². The maximum absolute atomic E-state index is 2.59. The summed E-state index contributed by atoms with van der Waals surface area (Å²) in [6.07, 6.45) is 7.44. The van der Waals surface area contributed by atoms with Crippen molar-refractivity contribution >= 4 is 49.0 Å². The second kappa shape index (κ2) is 8.05. The maximum atomic E-state index is 2.59. The number of benzene rings is 4. The lowest BCUT2D eigenvalue weighted by Crippen LogP contribution is -2.29. The minimum absolute atomic E-state index is 0.470. The zero-order valence-electron chi connectivity index (χ0n) is 23.4. The highest BCUT2D eigenvalue weighted by atomic mass is 15.0. The Hall–Kier alpha value is -3.91. The summed E-state index contributed by atoms with van der Waals surface area (Å²) in [5.41, 5.74) is 11.2. The Labute approximate surface area is 229 Å². The second-order valence-electron chi connectivity index (χ2n) is 12.8. The minimum Gasteiger partial charge on any atom is -0.307 e. The van der Waals surface area contributed by atoms with E-state index >= 15 is 0 Å². The van der Waals surface area contributed by atoms with E-state index in [4.69, 9.17) is 0 Å². The van der Waals surface area contributed by atoms with Crippen LogP contribution in [0.5, 0.6) is 0 Å². The largest absolute Gasteiger partial charge is 0.307 e. The number of rotatable bonds is 2. The molecule has 0 amide bonds. The van der Waals surface area contributed by atoms with Crippen LogP contribution in [0.1, 0.15) is 56.6 Å². The van der Waals surface area contributed by atoms with Crippen LogP contribution in [-0.4, -0.2) is 4.40 Å². The fourth-order valence-corrected chi connectivity index (χ4v) is 7.52. The molecule has 8 rings (SSSR count). The zero-order chi connectivity index (χ0) is 26.5. The normalized spacial score (nSPS) is 16.4. The molecule has 4 aromatic carbocycles. The van der Waals surface area contributed by atoms with E-state index in [1.807, 2.05) is 0 Å². The molecule has 1 fully saturated rings. The Morgan fingerprint density at radius 2 is 1.56 bits per heavy atom. The van der Waals surface area contributed by atoms with Crippen molar-refractivity contribution in [2.75, 3.05) is 0 Å². The van der Waals surface area contributed by atoms with Gasteiger partial charge in [0.1, 0.15) is 7.05 Å². The molecular weight excluding hydrogens is 472 g/mol. The van der Waals surface area contributed by atoms with E-state index in [-0.39, 0.29) is 0 Å². The van der Waals surface area contributed by atoms with Crippen molar-refractivity contribution in [3.63, 3.8) is 0 Å². The second-order valence-corrected chi connectivity index (χ2v) is 12.8. The molecule has 0 spiro atoms. The Balaban J connectivity index is 1.51. The number of fused-ring (bicyclic) bond motifs is 5. The highest BCUT2D eigenvalue weighted by Crippen LogP contribution is 2.46. The number of nitrogens with zero attached hydrogens (tertiary/aromatic N) is 2. The van der Waals surface area contributed by atoms with Crippen molar-refractivity contribution in [3.8, 4) is 11.1 Å². The molecule has 3 aromatic heterocycles. The summed E-state index contributed by atoms with van der Waals surface area (Å²) in [6.45, 7) is 7.14. The zero-order valence-corrected chi connectivity index (χ0v) is 23.4. The average Bonchev–Trinajstić information content (AvgIpc) is 3.28. The first-order valence-corrected chi connectivity index (χ1v) is 14.5. The lowest BCUT2D eigenvalue weighted by molar-refractivity contribution is -0.643. The molecule has 192 valence electrons. The molecule has 3 heterocycles. The van der Waals surface area contributed by atoms with E-state index in [1.165, 1.54) is 96.9 Å². The van der Waals surface area contributed by atoms with Gasteiger partial charge in [0.25, 0.3) is 0 Å². The maximum Gasteiger partial charge on any atom is 0.224 e. The summed E-state index contributed by atoms with van der Waals surface area (Å²) in [5.74, 6) is 0.636. The highest BCUT2D eigenvalue weighted by Gasteiger charge is 2.29. The number of aromatic nitrogens is 2. The molecule has 1 aliphatic carbocycles. The van der Waals surface area contributed by atoms with Gasteiger partial charge in [-0.15, -0.1) is 0 Å². The Morgan fingerprint density at radius 1 is 0.769 bits per heavy atom. The molecule has 39 heavy (non-hydrogen) atoms. The van der Waals surface area contributed by atoms with Gasteiger partial charge in [0.15, 0.2) is 6.20 Å². The van der Waals surface area contributed by atoms with Gasteiger partial charge in [-0.1, -0.05) is 68.4 Å². The van der Waals surface area contributed by atoms with Crippen molar-refractivity contribution in [1.29, 1.82) is 0 Å². The molecule has 2 nitrogen and oxygen atoms in total. The molecular formula is C37H35N2+. The average molecular weight is 508 g/mol. The lowest BCUT2D eigenvalue weighted by atomic mass is 9.71. The van der Waals surface area contributed by atoms with Gasteiger partial charge in [-0.2, -0.15) is 0 Å². The van der Waals surface area contributed by atoms with Gasteiger partial charge in [-0.05, 0) is 89.8 Å². The van der Waals surface area contributed by atoms with Crippen LogP contribution in [0.3, 0.4) is 0 Å². The fourth-order valence-electron chi connectivity index (χ4n) is 7.52. The highest BCUT2D eigenvalue weighted by molar-refractivity contribution is 6.26. The summed E-state index contributed by atoms with van der Waals surface area (Å²) in [6, 6.07) is 29.9. The van der Waals surface area contributed by atoms with E-state index in [9.17, 15) is 0 Å². The Bertz CT molecular complexity index is 2050. The molecule has 2 heteroatoms. The predicted molar refractivity (Wildman–Crippen MR) is 165 cm³/mol. The molecule has 0 N–H and O–H groups in total. The smallest absolute Gasteiger partial charge is 0.224 e. The van der Waals surface area contributed by atoms with Gasteiger partial charge in [-0.3, -0.25) is 0 Å². The quantitative estimate of drug-likeness (QED) is 0.125. The van der Waals surface area contributed by atoms with Gasteiger partial charge in [0.2, 0.25) is 5.52 Å². The molecule has 0 aliphatic heterocycles. The fraction of sp³-hybridized carbons (Fsp3) is 0.270. The third-order valence-corrected chi connectivity index (χ3v) is 9.77. The van der Waals surface area contributed by atoms with Crippen molar-refractivity contribution in [3.05, 3.63) is 96.2 Å². The molecule has 7 aromatic rings. The third-order valence-electron chi connectivity index (χ3n) is 9.77. The Kier molecular flexibility index (Phi) is 4.75. The lowest BCUT2D eigenvalue weighted by Gasteiger charge is -2.34. The first-order valence-electron chi connectivity index (χ1n) is 14.5. The van der Waals surface area contributed by atoms with Crippen LogP contribution in [0.15, 0.2) is 85.1 Å². The molecule has 1 saturated carbocycles. The molecule has 0 radical (unpaired) electrons. The summed E-state index contributed by atoms with van der Waals surface area (Å²) < 4.78 is 4.93. The number of aryl methyl sites for hydroxylation is 2. The number of pyridine rings is 2. The van der Waals surface area contributed by atoms with Crippen molar-refractivity contribution < 1.29 is 4.57 Å². The molecule has 0 bridgehead atoms. The van der Waals surface area contributed by atoms with Crippen LogP contribution in [-0.2, 0) is 7.05 Å². The van der Waals surface area contributed by atoms with Gasteiger partial charge in [0.05, 0.1) is 27.3 Å². The Morgan fingerprint density at radius 3 is 2.36 bits per heavy atom. The summed E-state index contributed by atoms with van der Waals surface area (Å²) in [5, 5.41) is 6.80. The van der Waals surface area contributed by atoms with E-state index in [0.717, 1.165) is 0 Å². The molecule has 0 atom stereocenters. The first kappa shape index (κ1) is 23.0. The topological polar surface area (TPSA) is 8.29 Å². The van der Waals surface area contributed by atoms with Crippen LogP contribution in [0.4, 0.5) is 0 Å². The SMILES string of the molecule is Cc1ccc2c3cc(-c4ccccc4)ccc3n3c4cc(C5CCC(C)(C)CC5)cc5cc[n+](C)c(c1c23)c54. The number of hydrogen-bond acceptors (Lipinski definition) is 0. The predicted octanol–water partition coefficient (Wildman–Crippen LogP) is 9.47. The molecule has 0 saturated heterocycles. The van der Waals surface area contributed by atoms with E-state index in [1.54, 1.807) is 0 Å². The van der Waals surface area contributed by atoms with Gasteiger partial charge in [-0.25, -0.2) is 4.57 Å². The van der Waals surface area contributed by atoms with Crippen LogP contribution < -0.4 is 4.57 Å². The van der Waals surface area contributed by atoms with Crippen molar-refractivity contribution in [2.24, 2.45) is 12.5 Å². The van der Waals surface area contributed by atoms with Crippen LogP contribution >= 0.6 is 0 Å². The summed E-state index contributed by atoms with van der Waals surface area (Å²) in [4.78, 5) is 0. The first-order chi connectivity index (χ1) is 18.9. The van der Waals surface area contributed by atoms with Gasteiger partial charge in [0, 0.05) is 16.8 Å². The van der Waals surface area contributed by atoms with Crippen molar-refractivity contribution in [2.45, 2.75) is 52.4 Å². The standard InChI is InChI=1S/C37H35N2/c1-23-10-12-29-30-21-26(24-8-6-5-7-9-24)11-13-31(30)39-32-22-28(25-14-17-37(2,3)18-15-25)20-27-16-19-38(4)36(34(27)32)33(23)35(29)39/h5-13,16,19-22,25H,14-15,17-18H2,1-4H3/q+1. The minimum atomic E-state index is 0.470. The van der Waals surface area contributed by atoms with E-state index < -0.39 is 0 Å². The monoisotopic (exact) mass is 507 g/mol. The van der Waals surface area contributed by atoms with Crippen molar-refractivity contribution in [1.82, 2.24) is 4.40 Å². The van der Waals surface area contributed by atoms with Gasteiger partial charge < -0.3 is 4.40 Å². The van der Waals surface area contributed by atoms with Gasteiger partial charge >= 0.3 is 0 Å². The number of hydrogen-bond donors (Lipinski definition) is 0. The third kappa shape index (κ3) is 3.30. The summed E-state index contributed by atoms with van der Waals surface area (Å²) in [7, 11) is 2.21. The van der Waals surface area contributed by atoms with E-state index in [2.05, 4.69) is 122 Å².